The van der Waals surface area contributed by atoms with E-state index >= 15 is 0 Å². The monoisotopic (exact) mass is 579 g/mol. The Kier molecular flexibility index (Phi) is 7.63. The van der Waals surface area contributed by atoms with Crippen LogP contribution in [0.15, 0.2) is 83.9 Å². The number of nitrogens with one attached hydrogen (secondary N) is 1. The van der Waals surface area contributed by atoms with Crippen LogP contribution in [-0.4, -0.2) is 47.1 Å². The van der Waals surface area contributed by atoms with Crippen LogP contribution in [0.4, 0.5) is 0 Å². The Morgan fingerprint density at radius 2 is 1.64 bits per heavy atom. The van der Waals surface area contributed by atoms with Gasteiger partial charge in [0.1, 0.15) is 23.4 Å². The lowest BCUT2D eigenvalue weighted by molar-refractivity contribution is -0.121. The van der Waals surface area contributed by atoms with Gasteiger partial charge < -0.3 is 14.8 Å². The lowest BCUT2D eigenvalue weighted by Gasteiger charge is -2.14. The van der Waals surface area contributed by atoms with Crippen molar-refractivity contribution in [1.29, 1.82) is 0 Å². The zero-order valence-electron chi connectivity index (χ0n) is 23.6. The zero-order valence-corrected chi connectivity index (χ0v) is 24.4. The molecule has 212 valence electrons. The summed E-state index contributed by atoms with van der Waals surface area (Å²) >= 11 is 6.20. The summed E-state index contributed by atoms with van der Waals surface area (Å²) in [6.07, 6.45) is 0.818. The Bertz CT molecular complexity index is 1810. The van der Waals surface area contributed by atoms with Gasteiger partial charge in [-0.1, -0.05) is 48.0 Å². The number of hydrogen-bond acceptors (Lipinski definition) is 6. The number of methoxy groups -OCH3 is 2. The van der Waals surface area contributed by atoms with E-state index in [4.69, 9.17) is 26.1 Å². The Morgan fingerprint density at radius 1 is 0.905 bits per heavy atom. The highest BCUT2D eigenvalue weighted by Crippen LogP contribution is 2.34. The van der Waals surface area contributed by atoms with Crippen molar-refractivity contribution in [3.05, 3.63) is 112 Å². The highest BCUT2D eigenvalue weighted by atomic mass is 35.5. The molecule has 5 aromatic rings. The van der Waals surface area contributed by atoms with E-state index in [1.165, 1.54) is 0 Å². The Labute approximate surface area is 249 Å². The van der Waals surface area contributed by atoms with Crippen LogP contribution in [0.2, 0.25) is 5.02 Å². The highest BCUT2D eigenvalue weighted by molar-refractivity contribution is 6.30. The summed E-state index contributed by atoms with van der Waals surface area (Å²) in [6.45, 7) is 2.39. The average Bonchev–Trinajstić information content (AvgIpc) is 3.33. The molecular formula is C33H30ClN5O3. The number of carbonyl (C=O) groups is 1. The van der Waals surface area contributed by atoms with E-state index in [0.29, 0.717) is 35.4 Å². The van der Waals surface area contributed by atoms with Gasteiger partial charge in [-0.2, -0.15) is 0 Å². The lowest BCUT2D eigenvalue weighted by Crippen LogP contribution is -2.27. The average molecular weight is 580 g/mol. The molecule has 0 radical (unpaired) electrons. The predicted octanol–water partition coefficient (Wildman–Crippen LogP) is 6.04. The van der Waals surface area contributed by atoms with Crippen molar-refractivity contribution in [3.63, 3.8) is 0 Å². The maximum atomic E-state index is 13.3. The minimum atomic E-state index is -0.552. The second kappa shape index (κ2) is 11.7. The van der Waals surface area contributed by atoms with Crippen LogP contribution < -0.4 is 14.8 Å². The predicted molar refractivity (Wildman–Crippen MR) is 164 cm³/mol. The van der Waals surface area contributed by atoms with E-state index in [1.807, 2.05) is 72.2 Å². The van der Waals surface area contributed by atoms with Gasteiger partial charge >= 0.3 is 0 Å². The molecule has 1 N–H and O–H groups in total. The minimum absolute atomic E-state index is 0.114. The highest BCUT2D eigenvalue weighted by Gasteiger charge is 2.30. The Morgan fingerprint density at radius 3 is 2.43 bits per heavy atom. The topological polar surface area (TPSA) is 90.6 Å². The fourth-order valence-electron chi connectivity index (χ4n) is 5.33. The molecule has 0 bridgehead atoms. The van der Waals surface area contributed by atoms with Crippen molar-refractivity contribution >= 4 is 34.0 Å². The summed E-state index contributed by atoms with van der Waals surface area (Å²) < 4.78 is 12.9. The van der Waals surface area contributed by atoms with Gasteiger partial charge in [-0.3, -0.25) is 14.4 Å². The number of aryl methyl sites for hydroxylation is 1. The van der Waals surface area contributed by atoms with Gasteiger partial charge in [0.25, 0.3) is 0 Å². The molecule has 1 aliphatic rings. The first-order chi connectivity index (χ1) is 20.4. The molecule has 4 aromatic carbocycles. The number of benzene rings is 4. The van der Waals surface area contributed by atoms with Crippen molar-refractivity contribution in [2.75, 3.05) is 20.8 Å². The number of fused-ring (bicyclic) bond motifs is 4. The van der Waals surface area contributed by atoms with Crippen molar-refractivity contribution in [3.8, 4) is 17.2 Å². The van der Waals surface area contributed by atoms with Crippen LogP contribution in [0.1, 0.15) is 40.8 Å². The number of aromatic nitrogens is 3. The molecule has 0 saturated carbocycles. The number of nitrogens with zero attached hydrogens (tertiary/aromatic N) is 4. The molecule has 0 fully saturated rings. The fraction of sp³-hybridized carbons (Fsp3) is 0.212. The molecule has 42 heavy (non-hydrogen) atoms. The van der Waals surface area contributed by atoms with Gasteiger partial charge in [-0.15, -0.1) is 10.2 Å². The maximum Gasteiger partial charge on any atom is 0.222 e. The summed E-state index contributed by atoms with van der Waals surface area (Å²) in [5.41, 5.74) is 4.47. The Hall–Kier alpha value is -4.69. The smallest absolute Gasteiger partial charge is 0.222 e. The molecule has 0 spiro atoms. The van der Waals surface area contributed by atoms with Gasteiger partial charge in [0.2, 0.25) is 5.91 Å². The van der Waals surface area contributed by atoms with Crippen LogP contribution in [0.25, 0.3) is 16.5 Å². The number of halogens is 1. The van der Waals surface area contributed by atoms with Gasteiger partial charge in [-0.05, 0) is 72.1 Å². The first kappa shape index (κ1) is 27.5. The zero-order chi connectivity index (χ0) is 29.2. The van der Waals surface area contributed by atoms with Crippen molar-refractivity contribution in [2.45, 2.75) is 25.8 Å². The molecule has 0 aliphatic carbocycles. The molecule has 2 heterocycles. The number of carbonyl (C=O) groups excluding carboxylic acids is 1. The number of rotatable bonds is 8. The van der Waals surface area contributed by atoms with Gasteiger partial charge in [0.05, 0.1) is 32.0 Å². The van der Waals surface area contributed by atoms with Crippen molar-refractivity contribution < 1.29 is 14.3 Å². The first-order valence-electron chi connectivity index (χ1n) is 13.7. The normalized spacial score (nSPS) is 14.0. The molecule has 6 rings (SSSR count). The van der Waals surface area contributed by atoms with Crippen LogP contribution in [0.5, 0.6) is 11.5 Å². The Balaban J connectivity index is 1.27. The molecule has 1 aliphatic heterocycles. The molecule has 0 saturated heterocycles. The van der Waals surface area contributed by atoms with Crippen LogP contribution in [0.3, 0.4) is 0 Å². The van der Waals surface area contributed by atoms with E-state index in [0.717, 1.165) is 44.6 Å². The maximum absolute atomic E-state index is 13.3. The number of hydrogen-bond donors (Lipinski definition) is 1. The van der Waals surface area contributed by atoms with Gasteiger partial charge in [0.15, 0.2) is 5.82 Å². The molecule has 1 atom stereocenters. The van der Waals surface area contributed by atoms with Crippen LogP contribution in [-0.2, 0) is 11.2 Å². The van der Waals surface area contributed by atoms with E-state index in [9.17, 15) is 4.79 Å². The molecule has 1 amide bonds. The van der Waals surface area contributed by atoms with E-state index in [1.54, 1.807) is 14.2 Å². The fourth-order valence-corrected chi connectivity index (χ4v) is 5.45. The largest absolute Gasteiger partial charge is 0.497 e. The van der Waals surface area contributed by atoms with Crippen molar-refractivity contribution in [1.82, 2.24) is 20.1 Å². The SMILES string of the molecule is COc1ccc2c(c1)C(c1ccc(Cl)cc1)=N[C@@H](CC(=O)NCCc1ccc3ccc(OC)cc3c1)c1nnc(C)n1-2. The third-order valence-electron chi connectivity index (χ3n) is 7.48. The van der Waals surface area contributed by atoms with Crippen LogP contribution >= 0.6 is 11.6 Å². The summed E-state index contributed by atoms with van der Waals surface area (Å²) in [6, 6.07) is 25.1. The summed E-state index contributed by atoms with van der Waals surface area (Å²) in [5, 5.41) is 14.8. The molecule has 8 nitrogen and oxygen atoms in total. The van der Waals surface area contributed by atoms with Gasteiger partial charge in [0, 0.05) is 22.7 Å². The second-order valence-electron chi connectivity index (χ2n) is 10.2. The number of aliphatic imine (C=N–C) groups is 1. The standard InChI is InChI=1S/C33H30ClN5O3/c1-20-37-38-33-29(19-31(40)35-15-14-21-4-5-22-8-11-26(41-2)17-24(22)16-21)36-32(23-6-9-25(34)10-7-23)28-18-27(42-3)12-13-30(28)39(20)33/h4-13,16-18,29H,14-15,19H2,1-3H3,(H,35,40)/t29-/m0/s1. The number of amides is 1. The van der Waals surface area contributed by atoms with Gasteiger partial charge in [-0.25, -0.2) is 0 Å². The summed E-state index contributed by atoms with van der Waals surface area (Å²) in [5.74, 6) is 2.73. The second-order valence-corrected chi connectivity index (χ2v) is 10.6. The third kappa shape index (κ3) is 5.45. The van der Waals surface area contributed by atoms with Crippen LogP contribution in [0, 0.1) is 6.92 Å². The minimum Gasteiger partial charge on any atom is -0.497 e. The summed E-state index contributed by atoms with van der Waals surface area (Å²) in [7, 11) is 3.30. The molecule has 9 heteroatoms. The molecule has 0 unspecified atom stereocenters. The number of ether oxygens (including phenoxy) is 2. The van der Waals surface area contributed by atoms with E-state index in [2.05, 4.69) is 33.7 Å². The first-order valence-corrected chi connectivity index (χ1v) is 14.1. The van der Waals surface area contributed by atoms with E-state index in [-0.39, 0.29) is 12.3 Å². The quantitative estimate of drug-likeness (QED) is 0.242. The summed E-state index contributed by atoms with van der Waals surface area (Å²) in [4.78, 5) is 18.4. The van der Waals surface area contributed by atoms with E-state index < -0.39 is 6.04 Å². The lowest BCUT2D eigenvalue weighted by atomic mass is 10.00. The molecule has 1 aromatic heterocycles. The molecular weight excluding hydrogens is 550 g/mol. The van der Waals surface area contributed by atoms with Crippen molar-refractivity contribution in [2.24, 2.45) is 4.99 Å². The third-order valence-corrected chi connectivity index (χ3v) is 7.73.